The summed E-state index contributed by atoms with van der Waals surface area (Å²) in [6.45, 7) is 1.80. The summed E-state index contributed by atoms with van der Waals surface area (Å²) in [4.78, 5) is 0. The van der Waals surface area contributed by atoms with Gasteiger partial charge < -0.3 is 5.11 Å². The summed E-state index contributed by atoms with van der Waals surface area (Å²) in [6, 6.07) is 5.26. The molecule has 0 aliphatic heterocycles. The molecule has 7 heteroatoms. The topological polar surface area (TPSA) is 69.6 Å². The molecule has 1 aromatic carbocycles. The number of halogens is 1. The molecule has 0 saturated heterocycles. The molecular formula is C12H19FN2O3S. The van der Waals surface area contributed by atoms with E-state index in [0.29, 0.717) is 12.0 Å². The van der Waals surface area contributed by atoms with Crippen LogP contribution in [0.2, 0.25) is 0 Å². The maximum atomic E-state index is 13.1. The predicted molar refractivity (Wildman–Crippen MR) is 71.2 cm³/mol. The van der Waals surface area contributed by atoms with E-state index in [4.69, 9.17) is 5.11 Å². The Labute approximate surface area is 113 Å². The van der Waals surface area contributed by atoms with E-state index >= 15 is 0 Å². The molecule has 0 saturated carbocycles. The number of hydrogen-bond acceptors (Lipinski definition) is 3. The first-order chi connectivity index (χ1) is 8.86. The summed E-state index contributed by atoms with van der Waals surface area (Å²) in [5.74, 6) is -0.405. The van der Waals surface area contributed by atoms with E-state index in [0.717, 1.165) is 4.31 Å². The number of rotatable bonds is 7. The molecule has 0 fully saturated rings. The summed E-state index contributed by atoms with van der Waals surface area (Å²) in [5, 5.41) is 8.69. The highest BCUT2D eigenvalue weighted by atomic mass is 32.2. The molecule has 108 valence electrons. The minimum absolute atomic E-state index is 0.0701. The molecule has 0 aliphatic carbocycles. The maximum absolute atomic E-state index is 13.1. The molecule has 19 heavy (non-hydrogen) atoms. The molecule has 1 aromatic rings. The minimum atomic E-state index is -3.64. The summed E-state index contributed by atoms with van der Waals surface area (Å²) in [5.41, 5.74) is 0.555. The van der Waals surface area contributed by atoms with Gasteiger partial charge in [-0.15, -0.1) is 0 Å². The predicted octanol–water partition coefficient (Wildman–Crippen LogP) is 1.04. The smallest absolute Gasteiger partial charge is 0.279 e. The van der Waals surface area contributed by atoms with E-state index in [-0.39, 0.29) is 13.2 Å². The Kier molecular flexibility index (Phi) is 5.86. The largest absolute Gasteiger partial charge is 0.396 e. The molecule has 0 amide bonds. The van der Waals surface area contributed by atoms with Crippen molar-refractivity contribution in [1.82, 2.24) is 9.03 Å². The molecule has 5 nitrogen and oxygen atoms in total. The van der Waals surface area contributed by atoms with Crippen molar-refractivity contribution < 1.29 is 17.9 Å². The second-order valence-electron chi connectivity index (χ2n) is 4.30. The van der Waals surface area contributed by atoms with E-state index < -0.39 is 22.1 Å². The molecule has 0 spiro atoms. The van der Waals surface area contributed by atoms with E-state index in [1.165, 1.54) is 25.2 Å². The molecule has 0 radical (unpaired) electrons. The number of benzene rings is 1. The molecule has 1 rings (SSSR count). The fourth-order valence-corrected chi connectivity index (χ4v) is 2.70. The van der Waals surface area contributed by atoms with E-state index in [2.05, 4.69) is 4.72 Å². The van der Waals surface area contributed by atoms with Crippen molar-refractivity contribution in [3.63, 3.8) is 0 Å². The van der Waals surface area contributed by atoms with Crippen molar-refractivity contribution in [2.45, 2.75) is 19.4 Å². The summed E-state index contributed by atoms with van der Waals surface area (Å²) in [6.07, 6.45) is 0.367. The van der Waals surface area contributed by atoms with Crippen LogP contribution in [-0.2, 0) is 10.2 Å². The Hall–Kier alpha value is -1.02. The molecule has 1 unspecified atom stereocenters. The lowest BCUT2D eigenvalue weighted by Gasteiger charge is -2.21. The summed E-state index contributed by atoms with van der Waals surface area (Å²) < 4.78 is 40.5. The Morgan fingerprint density at radius 3 is 2.74 bits per heavy atom. The lowest BCUT2D eigenvalue weighted by molar-refractivity contribution is 0.275. The van der Waals surface area contributed by atoms with Crippen LogP contribution in [0.5, 0.6) is 0 Å². The van der Waals surface area contributed by atoms with Crippen molar-refractivity contribution >= 4 is 10.2 Å². The first kappa shape index (κ1) is 16.0. The van der Waals surface area contributed by atoms with E-state index in [1.54, 1.807) is 13.0 Å². The molecular weight excluding hydrogens is 271 g/mol. The Balaban J connectivity index is 2.72. The summed E-state index contributed by atoms with van der Waals surface area (Å²) in [7, 11) is -2.22. The second kappa shape index (κ2) is 6.95. The van der Waals surface area contributed by atoms with Crippen molar-refractivity contribution in [2.75, 3.05) is 20.2 Å². The van der Waals surface area contributed by atoms with Gasteiger partial charge in [-0.1, -0.05) is 12.1 Å². The number of hydrogen-bond donors (Lipinski definition) is 2. The first-order valence-electron chi connectivity index (χ1n) is 5.96. The Bertz CT molecular complexity index is 507. The molecule has 1 atom stereocenters. The highest BCUT2D eigenvalue weighted by Gasteiger charge is 2.20. The van der Waals surface area contributed by atoms with Crippen LogP contribution in [0, 0.1) is 5.82 Å². The van der Waals surface area contributed by atoms with Crippen LogP contribution in [-0.4, -0.2) is 38.0 Å². The average Bonchev–Trinajstić information content (AvgIpc) is 2.35. The molecule has 2 N–H and O–H groups in total. The van der Waals surface area contributed by atoms with E-state index in [9.17, 15) is 12.8 Å². The fraction of sp³-hybridized carbons (Fsp3) is 0.500. The zero-order valence-corrected chi connectivity index (χ0v) is 11.8. The standard InChI is InChI=1S/C12H19FN2O3S/c1-10(11-5-3-6-12(13)9-11)14-19(17,18)15(2)7-4-8-16/h3,5-6,9-10,14,16H,4,7-8H2,1-2H3. The zero-order valence-electron chi connectivity index (χ0n) is 11.0. The van der Waals surface area contributed by atoms with Crippen molar-refractivity contribution in [3.05, 3.63) is 35.6 Å². The van der Waals surface area contributed by atoms with Crippen LogP contribution < -0.4 is 4.72 Å². The first-order valence-corrected chi connectivity index (χ1v) is 7.40. The maximum Gasteiger partial charge on any atom is 0.279 e. The van der Waals surface area contributed by atoms with Gasteiger partial charge in [0, 0.05) is 26.2 Å². The highest BCUT2D eigenvalue weighted by molar-refractivity contribution is 7.87. The average molecular weight is 290 g/mol. The Morgan fingerprint density at radius 2 is 2.16 bits per heavy atom. The molecule has 0 aromatic heterocycles. The third kappa shape index (κ3) is 4.87. The minimum Gasteiger partial charge on any atom is -0.396 e. The fourth-order valence-electron chi connectivity index (χ4n) is 1.57. The van der Waals surface area contributed by atoms with Gasteiger partial charge in [0.15, 0.2) is 0 Å². The van der Waals surface area contributed by atoms with Crippen LogP contribution in [0.15, 0.2) is 24.3 Å². The lowest BCUT2D eigenvalue weighted by Crippen LogP contribution is -2.40. The van der Waals surface area contributed by atoms with Crippen molar-refractivity contribution in [1.29, 1.82) is 0 Å². The molecule has 0 bridgehead atoms. The highest BCUT2D eigenvalue weighted by Crippen LogP contribution is 2.15. The van der Waals surface area contributed by atoms with Gasteiger partial charge in [0.2, 0.25) is 0 Å². The third-order valence-corrected chi connectivity index (χ3v) is 4.37. The van der Waals surface area contributed by atoms with Gasteiger partial charge in [-0.05, 0) is 31.0 Å². The Morgan fingerprint density at radius 1 is 1.47 bits per heavy atom. The van der Waals surface area contributed by atoms with Crippen molar-refractivity contribution in [2.24, 2.45) is 0 Å². The zero-order chi connectivity index (χ0) is 14.5. The van der Waals surface area contributed by atoms with Crippen LogP contribution in [0.3, 0.4) is 0 Å². The van der Waals surface area contributed by atoms with Gasteiger partial charge >= 0.3 is 0 Å². The van der Waals surface area contributed by atoms with E-state index in [1.807, 2.05) is 0 Å². The van der Waals surface area contributed by atoms with Crippen molar-refractivity contribution in [3.8, 4) is 0 Å². The summed E-state index contributed by atoms with van der Waals surface area (Å²) >= 11 is 0. The normalized spacial score (nSPS) is 13.7. The van der Waals surface area contributed by atoms with Gasteiger partial charge in [0.25, 0.3) is 10.2 Å². The molecule has 0 heterocycles. The number of nitrogens with one attached hydrogen (secondary N) is 1. The van der Waals surface area contributed by atoms with Gasteiger partial charge in [-0.25, -0.2) is 4.39 Å². The molecule has 0 aliphatic rings. The van der Waals surface area contributed by atoms with Crippen LogP contribution in [0.25, 0.3) is 0 Å². The quantitative estimate of drug-likeness (QED) is 0.788. The number of nitrogens with zero attached hydrogens (tertiary/aromatic N) is 1. The van der Waals surface area contributed by atoms with Crippen LogP contribution >= 0.6 is 0 Å². The van der Waals surface area contributed by atoms with Gasteiger partial charge in [-0.2, -0.15) is 17.4 Å². The van der Waals surface area contributed by atoms with Gasteiger partial charge in [0.05, 0.1) is 0 Å². The van der Waals surface area contributed by atoms with Gasteiger partial charge in [-0.3, -0.25) is 0 Å². The second-order valence-corrected chi connectivity index (χ2v) is 6.11. The lowest BCUT2D eigenvalue weighted by atomic mass is 10.1. The van der Waals surface area contributed by atoms with Crippen LogP contribution in [0.1, 0.15) is 24.9 Å². The number of aliphatic hydroxyl groups is 1. The number of aliphatic hydroxyl groups excluding tert-OH is 1. The third-order valence-electron chi connectivity index (χ3n) is 2.72. The van der Waals surface area contributed by atoms with Crippen LogP contribution in [0.4, 0.5) is 4.39 Å². The monoisotopic (exact) mass is 290 g/mol. The SMILES string of the molecule is CC(NS(=O)(=O)N(C)CCCO)c1cccc(F)c1. The van der Waals surface area contributed by atoms with Gasteiger partial charge in [0.1, 0.15) is 5.82 Å².